The molecule has 0 spiro atoms. The molecule has 0 fully saturated rings. The molecule has 3 rings (SSSR count). The second kappa shape index (κ2) is 8.23. The molecule has 0 N–H and O–H groups in total. The van der Waals surface area contributed by atoms with Crippen molar-refractivity contribution in [2.45, 2.75) is 27.2 Å². The van der Waals surface area contributed by atoms with Gasteiger partial charge in [0.15, 0.2) is 0 Å². The van der Waals surface area contributed by atoms with Crippen LogP contribution >= 0.6 is 0 Å². The van der Waals surface area contributed by atoms with Gasteiger partial charge in [0.05, 0.1) is 29.1 Å². The van der Waals surface area contributed by atoms with E-state index in [1.165, 1.54) is 4.90 Å². The highest BCUT2D eigenvalue weighted by Crippen LogP contribution is 2.34. The second-order valence-electron chi connectivity index (χ2n) is 7.31. The number of carbonyl (C=O) groups is 1. The Morgan fingerprint density at radius 2 is 1.77 bits per heavy atom. The molecule has 3 aromatic rings. The first-order valence-electron chi connectivity index (χ1n) is 9.67. The molecule has 6 nitrogen and oxygen atoms in total. The van der Waals surface area contributed by atoms with Gasteiger partial charge in [-0.1, -0.05) is 19.1 Å². The number of hydrogen-bond donors (Lipinski definition) is 0. The fourth-order valence-electron chi connectivity index (χ4n) is 3.72. The molecule has 0 atom stereocenters. The molecule has 6 heteroatoms. The lowest BCUT2D eigenvalue weighted by atomic mass is 10.0. The first-order chi connectivity index (χ1) is 14.3. The van der Waals surface area contributed by atoms with Gasteiger partial charge in [-0.3, -0.25) is 4.79 Å². The maximum absolute atomic E-state index is 12.4. The van der Waals surface area contributed by atoms with Crippen LogP contribution in [0.1, 0.15) is 45.5 Å². The van der Waals surface area contributed by atoms with E-state index in [0.29, 0.717) is 23.2 Å². The number of amides is 1. The molecule has 30 heavy (non-hydrogen) atoms. The Kier molecular flexibility index (Phi) is 5.71. The zero-order valence-electron chi connectivity index (χ0n) is 17.8. The summed E-state index contributed by atoms with van der Waals surface area (Å²) in [5, 5.41) is 18.9. The van der Waals surface area contributed by atoms with Crippen molar-refractivity contribution in [3.63, 3.8) is 0 Å². The molecule has 0 aliphatic rings. The van der Waals surface area contributed by atoms with E-state index < -0.39 is 0 Å². The molecule has 0 saturated carbocycles. The highest BCUT2D eigenvalue weighted by atomic mass is 16.2. The van der Waals surface area contributed by atoms with Crippen LogP contribution in [0.3, 0.4) is 0 Å². The van der Waals surface area contributed by atoms with E-state index in [2.05, 4.69) is 17.1 Å². The average Bonchev–Trinajstić information content (AvgIpc) is 3.01. The Balaban J connectivity index is 2.20. The third-order valence-electron chi connectivity index (χ3n) is 5.26. The Hall–Kier alpha value is -3.90. The monoisotopic (exact) mass is 397 g/mol. The predicted octanol–water partition coefficient (Wildman–Crippen LogP) is 4.16. The van der Waals surface area contributed by atoms with Gasteiger partial charge < -0.3 is 9.47 Å². The third kappa shape index (κ3) is 3.44. The summed E-state index contributed by atoms with van der Waals surface area (Å²) in [7, 11) is 3.42. The van der Waals surface area contributed by atoms with Crippen LogP contribution < -0.4 is 0 Å². The Morgan fingerprint density at radius 3 is 2.30 bits per heavy atom. The zero-order valence-corrected chi connectivity index (χ0v) is 17.8. The van der Waals surface area contributed by atoms with Gasteiger partial charge in [-0.05, 0) is 49.6 Å². The molecule has 1 aromatic carbocycles. The van der Waals surface area contributed by atoms with Gasteiger partial charge in [0.1, 0.15) is 11.8 Å². The topological polar surface area (TPSA) is 85.7 Å². The molecule has 0 unspecified atom stereocenters. The van der Waals surface area contributed by atoms with Crippen LogP contribution in [0.25, 0.3) is 16.8 Å². The van der Waals surface area contributed by atoms with Crippen molar-refractivity contribution < 1.29 is 4.79 Å². The molecule has 0 aliphatic carbocycles. The maximum atomic E-state index is 12.4. The number of aryl methyl sites for hydroxylation is 1. The minimum absolute atomic E-state index is 0.129. The van der Waals surface area contributed by atoms with E-state index in [1.54, 1.807) is 32.4 Å². The van der Waals surface area contributed by atoms with Crippen molar-refractivity contribution in [3.8, 4) is 29.0 Å². The first-order valence-corrected chi connectivity index (χ1v) is 9.67. The Bertz CT molecular complexity index is 1200. The van der Waals surface area contributed by atoms with E-state index in [1.807, 2.05) is 43.5 Å². The molecule has 0 aliphatic heterocycles. The van der Waals surface area contributed by atoms with Crippen LogP contribution in [0.4, 0.5) is 0 Å². The number of nitriles is 2. The standard InChI is InChI=1S/C24H23N5O/c1-6-18-11-20(14-27-23(18)24(30)28(4)5)29-15(2)21(13-26)22(16(29)3)19-9-7-17(12-25)8-10-19/h7-11,14H,6H2,1-5H3. The average molecular weight is 397 g/mol. The van der Waals surface area contributed by atoms with Crippen molar-refractivity contribution in [1.82, 2.24) is 14.5 Å². The summed E-state index contributed by atoms with van der Waals surface area (Å²) in [5.74, 6) is -0.129. The van der Waals surface area contributed by atoms with Crippen LogP contribution in [0.2, 0.25) is 0 Å². The second-order valence-corrected chi connectivity index (χ2v) is 7.31. The largest absolute Gasteiger partial charge is 0.343 e. The summed E-state index contributed by atoms with van der Waals surface area (Å²) in [6, 6.07) is 13.6. The molecule has 2 aromatic heterocycles. The number of pyridine rings is 1. The number of benzene rings is 1. The molecule has 0 saturated heterocycles. The van der Waals surface area contributed by atoms with Gasteiger partial charge in [0, 0.05) is 31.0 Å². The van der Waals surface area contributed by atoms with Crippen LogP contribution in [0.5, 0.6) is 0 Å². The van der Waals surface area contributed by atoms with Gasteiger partial charge in [0.2, 0.25) is 0 Å². The molecular weight excluding hydrogens is 374 g/mol. The van der Waals surface area contributed by atoms with E-state index in [0.717, 1.165) is 33.8 Å². The van der Waals surface area contributed by atoms with Crippen molar-refractivity contribution in [3.05, 3.63) is 70.3 Å². The minimum atomic E-state index is -0.129. The van der Waals surface area contributed by atoms with Crippen molar-refractivity contribution in [2.24, 2.45) is 0 Å². The van der Waals surface area contributed by atoms with Crippen molar-refractivity contribution >= 4 is 5.91 Å². The fraction of sp³-hybridized carbons (Fsp3) is 0.250. The van der Waals surface area contributed by atoms with Gasteiger partial charge in [-0.25, -0.2) is 4.98 Å². The Morgan fingerprint density at radius 1 is 1.10 bits per heavy atom. The number of hydrogen-bond acceptors (Lipinski definition) is 4. The van der Waals surface area contributed by atoms with Gasteiger partial charge in [-0.15, -0.1) is 0 Å². The van der Waals surface area contributed by atoms with Crippen molar-refractivity contribution in [1.29, 1.82) is 10.5 Å². The van der Waals surface area contributed by atoms with E-state index in [9.17, 15) is 10.1 Å². The molecule has 2 heterocycles. The quantitative estimate of drug-likeness (QED) is 0.661. The summed E-state index contributed by atoms with van der Waals surface area (Å²) >= 11 is 0. The highest BCUT2D eigenvalue weighted by Gasteiger charge is 2.22. The predicted molar refractivity (Wildman–Crippen MR) is 115 cm³/mol. The van der Waals surface area contributed by atoms with Crippen LogP contribution in [0.15, 0.2) is 36.5 Å². The lowest BCUT2D eigenvalue weighted by Gasteiger charge is -2.15. The number of aromatic nitrogens is 2. The first kappa shape index (κ1) is 20.8. The maximum Gasteiger partial charge on any atom is 0.272 e. The lowest BCUT2D eigenvalue weighted by Crippen LogP contribution is -2.24. The SMILES string of the molecule is CCc1cc(-n2c(C)c(C#N)c(-c3ccc(C#N)cc3)c2C)cnc1C(=O)N(C)C. The molecule has 1 amide bonds. The zero-order chi connectivity index (χ0) is 22.0. The smallest absolute Gasteiger partial charge is 0.272 e. The van der Waals surface area contributed by atoms with Crippen LogP contribution in [0, 0.1) is 36.5 Å². The molecule has 0 bridgehead atoms. The lowest BCUT2D eigenvalue weighted by molar-refractivity contribution is 0.0821. The summed E-state index contributed by atoms with van der Waals surface area (Å²) in [6.45, 7) is 5.86. The van der Waals surface area contributed by atoms with E-state index in [-0.39, 0.29) is 5.91 Å². The van der Waals surface area contributed by atoms with Gasteiger partial charge in [0.25, 0.3) is 5.91 Å². The summed E-state index contributed by atoms with van der Waals surface area (Å²) in [5.41, 5.74) is 6.72. The van der Waals surface area contributed by atoms with Gasteiger partial charge in [-0.2, -0.15) is 10.5 Å². The van der Waals surface area contributed by atoms with Crippen molar-refractivity contribution in [2.75, 3.05) is 14.1 Å². The summed E-state index contributed by atoms with van der Waals surface area (Å²) < 4.78 is 2.00. The van der Waals surface area contributed by atoms with Crippen LogP contribution in [-0.4, -0.2) is 34.5 Å². The van der Waals surface area contributed by atoms with E-state index in [4.69, 9.17) is 5.26 Å². The molecule has 0 radical (unpaired) electrons. The summed E-state index contributed by atoms with van der Waals surface area (Å²) in [6.07, 6.45) is 2.35. The van der Waals surface area contributed by atoms with E-state index >= 15 is 0 Å². The molecular formula is C24H23N5O. The van der Waals surface area contributed by atoms with Gasteiger partial charge >= 0.3 is 0 Å². The number of rotatable bonds is 4. The highest BCUT2D eigenvalue weighted by molar-refractivity contribution is 5.93. The fourth-order valence-corrected chi connectivity index (χ4v) is 3.72. The molecule has 150 valence electrons. The van der Waals surface area contributed by atoms with Crippen LogP contribution in [-0.2, 0) is 6.42 Å². The Labute approximate surface area is 176 Å². The number of nitrogens with zero attached hydrogens (tertiary/aromatic N) is 5. The summed E-state index contributed by atoms with van der Waals surface area (Å²) in [4.78, 5) is 18.4. The minimum Gasteiger partial charge on any atom is -0.343 e. The normalized spacial score (nSPS) is 10.4. The third-order valence-corrected chi connectivity index (χ3v) is 5.26. The number of carbonyl (C=O) groups excluding carboxylic acids is 1.